The summed E-state index contributed by atoms with van der Waals surface area (Å²) < 4.78 is 12.6. The second kappa shape index (κ2) is 9.09. The molecule has 140 valence electrons. The van der Waals surface area contributed by atoms with E-state index in [9.17, 15) is 4.79 Å². The lowest BCUT2D eigenvalue weighted by atomic mass is 10.3. The first-order valence-corrected chi connectivity index (χ1v) is 9.48. The van der Waals surface area contributed by atoms with Gasteiger partial charge >= 0.3 is 0 Å². The maximum atomic E-state index is 12.7. The molecule has 0 saturated heterocycles. The summed E-state index contributed by atoms with van der Waals surface area (Å²) in [6.07, 6.45) is 3.42. The Morgan fingerprint density at radius 3 is 2.78 bits per heavy atom. The minimum absolute atomic E-state index is 0.0862. The second-order valence-corrected chi connectivity index (χ2v) is 6.56. The van der Waals surface area contributed by atoms with Crippen LogP contribution in [0.1, 0.15) is 19.1 Å². The Kier molecular flexibility index (Phi) is 6.33. The number of nitriles is 1. The van der Waals surface area contributed by atoms with E-state index in [-0.39, 0.29) is 18.1 Å². The van der Waals surface area contributed by atoms with Crippen molar-refractivity contribution in [3.63, 3.8) is 0 Å². The Hall–Kier alpha value is -2.99. The number of carbonyl (C=O) groups is 1. The van der Waals surface area contributed by atoms with Gasteiger partial charge in [-0.3, -0.25) is 9.36 Å². The van der Waals surface area contributed by atoms with Crippen LogP contribution in [0.25, 0.3) is 11.6 Å². The van der Waals surface area contributed by atoms with Crippen molar-refractivity contribution in [3.05, 3.63) is 42.6 Å². The average Bonchev–Trinajstić information content (AvgIpc) is 3.44. The molecule has 3 rings (SSSR count). The molecular weight excluding hydrogens is 366 g/mol. The molecule has 9 heteroatoms. The topological polar surface area (TPSA) is 101 Å². The van der Waals surface area contributed by atoms with Gasteiger partial charge in [0, 0.05) is 13.1 Å². The van der Waals surface area contributed by atoms with Crippen LogP contribution >= 0.6 is 11.8 Å². The van der Waals surface area contributed by atoms with Gasteiger partial charge in [-0.15, -0.1) is 10.2 Å². The Bertz CT molecular complexity index is 896. The number of hydrogen-bond donors (Lipinski definition) is 0. The van der Waals surface area contributed by atoms with E-state index in [2.05, 4.69) is 16.3 Å². The molecule has 0 aliphatic carbocycles. The molecule has 0 aromatic carbocycles. The fourth-order valence-corrected chi connectivity index (χ4v) is 3.46. The number of hydrogen-bond acceptors (Lipinski definition) is 7. The summed E-state index contributed by atoms with van der Waals surface area (Å²) in [7, 11) is 0. The van der Waals surface area contributed by atoms with Gasteiger partial charge in [0.05, 0.1) is 37.3 Å². The summed E-state index contributed by atoms with van der Waals surface area (Å²) in [6.45, 7) is 3.34. The lowest BCUT2D eigenvalue weighted by Crippen LogP contribution is -2.32. The molecule has 0 aliphatic heterocycles. The van der Waals surface area contributed by atoms with Crippen molar-refractivity contribution >= 4 is 17.7 Å². The van der Waals surface area contributed by atoms with E-state index in [1.165, 1.54) is 11.8 Å². The molecular formula is C18H19N5O3S. The van der Waals surface area contributed by atoms with Gasteiger partial charge in [0.15, 0.2) is 16.7 Å². The molecule has 0 fully saturated rings. The monoisotopic (exact) mass is 385 g/mol. The number of nitrogens with zero attached hydrogens (tertiary/aromatic N) is 5. The highest BCUT2D eigenvalue weighted by Gasteiger charge is 2.19. The van der Waals surface area contributed by atoms with Crippen molar-refractivity contribution in [1.82, 2.24) is 19.7 Å². The maximum absolute atomic E-state index is 12.7. The lowest BCUT2D eigenvalue weighted by Gasteiger charge is -2.20. The smallest absolute Gasteiger partial charge is 0.233 e. The third-order valence-corrected chi connectivity index (χ3v) is 4.82. The van der Waals surface area contributed by atoms with E-state index >= 15 is 0 Å². The first kappa shape index (κ1) is 18.8. The Labute approximate surface area is 160 Å². The molecule has 1 amide bonds. The molecule has 0 atom stereocenters. The summed E-state index contributed by atoms with van der Waals surface area (Å²) in [5, 5.41) is 17.9. The van der Waals surface area contributed by atoms with E-state index in [0.717, 1.165) is 0 Å². The molecule has 0 saturated carbocycles. The maximum Gasteiger partial charge on any atom is 0.233 e. The summed E-state index contributed by atoms with van der Waals surface area (Å²) >= 11 is 1.32. The summed E-state index contributed by atoms with van der Waals surface area (Å²) in [5.74, 6) is 2.06. The van der Waals surface area contributed by atoms with E-state index in [4.69, 9.17) is 14.1 Å². The van der Waals surface area contributed by atoms with Gasteiger partial charge in [-0.05, 0) is 31.2 Å². The normalized spacial score (nSPS) is 10.7. The molecule has 0 aliphatic rings. The predicted octanol–water partition coefficient (Wildman–Crippen LogP) is 3.19. The predicted molar refractivity (Wildman–Crippen MR) is 98.5 cm³/mol. The SMILES string of the molecule is CCn1c(SCC(=O)N(CCC#N)Cc2ccco2)nnc1-c1ccco1. The highest BCUT2D eigenvalue weighted by Crippen LogP contribution is 2.24. The molecule has 0 bridgehead atoms. The molecule has 0 N–H and O–H groups in total. The zero-order valence-electron chi connectivity index (χ0n) is 14.9. The van der Waals surface area contributed by atoms with Crippen LogP contribution in [0.2, 0.25) is 0 Å². The molecule has 3 aromatic heterocycles. The first-order valence-electron chi connectivity index (χ1n) is 8.50. The van der Waals surface area contributed by atoms with Crippen molar-refractivity contribution in [2.24, 2.45) is 0 Å². The van der Waals surface area contributed by atoms with E-state index < -0.39 is 0 Å². The summed E-state index contributed by atoms with van der Waals surface area (Å²) in [6, 6.07) is 9.27. The minimum Gasteiger partial charge on any atom is -0.467 e. The van der Waals surface area contributed by atoms with Crippen molar-refractivity contribution in [3.8, 4) is 17.7 Å². The fraction of sp³-hybridized carbons (Fsp3) is 0.333. The van der Waals surface area contributed by atoms with Crippen molar-refractivity contribution in [1.29, 1.82) is 5.26 Å². The molecule has 0 unspecified atom stereocenters. The van der Waals surface area contributed by atoms with Gasteiger partial charge in [0.1, 0.15) is 5.76 Å². The average molecular weight is 385 g/mol. The number of amides is 1. The number of furan rings is 2. The van der Waals surface area contributed by atoms with Crippen LogP contribution in [0, 0.1) is 11.3 Å². The number of rotatable bonds is 9. The molecule has 3 heterocycles. The standard InChI is InChI=1S/C18H19N5O3S/c1-2-23-17(15-7-4-11-26-15)20-21-18(23)27-13-16(24)22(9-5-8-19)12-14-6-3-10-25-14/h3-4,6-7,10-11H,2,5,9,12-13H2,1H3. The van der Waals surface area contributed by atoms with Crippen molar-refractivity contribution < 1.29 is 13.6 Å². The molecule has 0 radical (unpaired) electrons. The minimum atomic E-state index is -0.0862. The Morgan fingerprint density at radius 2 is 2.11 bits per heavy atom. The van der Waals surface area contributed by atoms with Crippen LogP contribution in [0.4, 0.5) is 0 Å². The Balaban J connectivity index is 1.67. The van der Waals surface area contributed by atoms with Gasteiger partial charge in [0.25, 0.3) is 0 Å². The van der Waals surface area contributed by atoms with Gasteiger partial charge in [-0.1, -0.05) is 11.8 Å². The zero-order valence-corrected chi connectivity index (χ0v) is 15.7. The Morgan fingerprint density at radius 1 is 1.30 bits per heavy atom. The van der Waals surface area contributed by atoms with Crippen LogP contribution in [0.15, 0.2) is 50.8 Å². The van der Waals surface area contributed by atoms with Crippen LogP contribution in [-0.2, 0) is 17.9 Å². The molecule has 0 spiro atoms. The van der Waals surface area contributed by atoms with E-state index in [0.29, 0.717) is 42.1 Å². The third kappa shape index (κ3) is 4.60. The van der Waals surface area contributed by atoms with E-state index in [1.54, 1.807) is 29.6 Å². The van der Waals surface area contributed by atoms with Gasteiger partial charge in [-0.25, -0.2) is 0 Å². The number of carbonyl (C=O) groups excluding carboxylic acids is 1. The highest BCUT2D eigenvalue weighted by atomic mass is 32.2. The highest BCUT2D eigenvalue weighted by molar-refractivity contribution is 7.99. The van der Waals surface area contributed by atoms with Gasteiger partial charge in [-0.2, -0.15) is 5.26 Å². The lowest BCUT2D eigenvalue weighted by molar-refractivity contribution is -0.129. The van der Waals surface area contributed by atoms with Crippen LogP contribution < -0.4 is 0 Å². The summed E-state index contributed by atoms with van der Waals surface area (Å²) in [5.41, 5.74) is 0. The van der Waals surface area contributed by atoms with Crippen LogP contribution in [-0.4, -0.2) is 37.9 Å². The van der Waals surface area contributed by atoms with Crippen LogP contribution in [0.3, 0.4) is 0 Å². The molecule has 8 nitrogen and oxygen atoms in total. The van der Waals surface area contributed by atoms with E-state index in [1.807, 2.05) is 23.6 Å². The molecule has 27 heavy (non-hydrogen) atoms. The van der Waals surface area contributed by atoms with Crippen molar-refractivity contribution in [2.75, 3.05) is 12.3 Å². The van der Waals surface area contributed by atoms with Gasteiger partial charge < -0.3 is 13.7 Å². The molecule has 3 aromatic rings. The second-order valence-electron chi connectivity index (χ2n) is 5.62. The summed E-state index contributed by atoms with van der Waals surface area (Å²) in [4.78, 5) is 14.3. The van der Waals surface area contributed by atoms with Crippen LogP contribution in [0.5, 0.6) is 0 Å². The third-order valence-electron chi connectivity index (χ3n) is 3.87. The fourth-order valence-electron chi connectivity index (χ4n) is 2.55. The van der Waals surface area contributed by atoms with Gasteiger partial charge in [0.2, 0.25) is 5.91 Å². The number of thioether (sulfide) groups is 1. The number of aromatic nitrogens is 3. The quantitative estimate of drug-likeness (QED) is 0.521. The zero-order chi connectivity index (χ0) is 19.1. The largest absolute Gasteiger partial charge is 0.467 e. The van der Waals surface area contributed by atoms with Crippen molar-refractivity contribution in [2.45, 2.75) is 31.6 Å². The first-order chi connectivity index (χ1) is 13.2.